The number of nitrogens with zero attached hydrogens (tertiary/aromatic N) is 2. The van der Waals surface area contributed by atoms with Gasteiger partial charge in [-0.3, -0.25) is 4.90 Å². The molecular formula is C22H26N2O7S. The molecule has 0 aromatic heterocycles. The van der Waals surface area contributed by atoms with Crippen molar-refractivity contribution in [2.75, 3.05) is 59.7 Å². The second-order valence-corrected chi connectivity index (χ2v) is 9.35. The summed E-state index contributed by atoms with van der Waals surface area (Å²) in [6.07, 6.45) is 0. The molecule has 32 heavy (non-hydrogen) atoms. The van der Waals surface area contributed by atoms with Crippen LogP contribution < -0.4 is 14.2 Å². The number of hydrogen-bond acceptors (Lipinski definition) is 8. The zero-order valence-electron chi connectivity index (χ0n) is 17.9. The number of carbonyl (C=O) groups excluding carboxylic acids is 1. The van der Waals surface area contributed by atoms with Crippen LogP contribution in [0.5, 0.6) is 17.2 Å². The van der Waals surface area contributed by atoms with Gasteiger partial charge in [-0.1, -0.05) is 0 Å². The molecule has 2 aromatic rings. The summed E-state index contributed by atoms with van der Waals surface area (Å²) in [5, 5.41) is 0. The van der Waals surface area contributed by atoms with E-state index in [1.54, 1.807) is 36.4 Å². The molecule has 4 rings (SSSR count). The van der Waals surface area contributed by atoms with Gasteiger partial charge in [0, 0.05) is 38.8 Å². The normalized spacial score (nSPS) is 17.0. The molecule has 2 aliphatic heterocycles. The van der Waals surface area contributed by atoms with Gasteiger partial charge in [-0.15, -0.1) is 0 Å². The molecule has 0 amide bonds. The first-order chi connectivity index (χ1) is 15.5. The Bertz CT molecular complexity index is 1050. The molecule has 2 aliphatic rings. The molecule has 0 N–H and O–H groups in total. The first kappa shape index (κ1) is 22.4. The van der Waals surface area contributed by atoms with Crippen molar-refractivity contribution < 1.29 is 32.2 Å². The van der Waals surface area contributed by atoms with Crippen molar-refractivity contribution in [2.24, 2.45) is 0 Å². The van der Waals surface area contributed by atoms with Crippen LogP contribution >= 0.6 is 0 Å². The highest BCUT2D eigenvalue weighted by Gasteiger charge is 2.29. The van der Waals surface area contributed by atoms with E-state index >= 15 is 0 Å². The standard InChI is InChI=1S/C22H26N2O7S/c1-28-22(25)17-2-4-18(5-3-17)29-13-12-23-8-10-24(11-9-23)32(26,27)19-6-7-20-21(16-19)31-15-14-30-20/h2-7,16H,8-15H2,1H3. The van der Waals surface area contributed by atoms with E-state index < -0.39 is 10.0 Å². The maximum absolute atomic E-state index is 13.0. The summed E-state index contributed by atoms with van der Waals surface area (Å²) in [7, 11) is -2.25. The Morgan fingerprint density at radius 2 is 1.66 bits per heavy atom. The van der Waals surface area contributed by atoms with Crippen molar-refractivity contribution in [1.29, 1.82) is 0 Å². The second kappa shape index (κ2) is 9.76. The number of benzene rings is 2. The molecule has 0 aliphatic carbocycles. The van der Waals surface area contributed by atoms with Crippen molar-refractivity contribution >= 4 is 16.0 Å². The van der Waals surface area contributed by atoms with Crippen LogP contribution in [0.4, 0.5) is 0 Å². The van der Waals surface area contributed by atoms with Crippen LogP contribution in [0.2, 0.25) is 0 Å². The number of carbonyl (C=O) groups is 1. The Labute approximate surface area is 187 Å². The Morgan fingerprint density at radius 1 is 0.969 bits per heavy atom. The molecule has 0 atom stereocenters. The van der Waals surface area contributed by atoms with Crippen LogP contribution in [0, 0.1) is 0 Å². The number of rotatable bonds is 7. The maximum atomic E-state index is 13.0. The van der Waals surface area contributed by atoms with Crippen LogP contribution in [-0.2, 0) is 14.8 Å². The summed E-state index contributed by atoms with van der Waals surface area (Å²) in [6, 6.07) is 11.5. The summed E-state index contributed by atoms with van der Waals surface area (Å²) >= 11 is 0. The number of fused-ring (bicyclic) bond motifs is 1. The van der Waals surface area contributed by atoms with Crippen molar-refractivity contribution in [2.45, 2.75) is 4.90 Å². The van der Waals surface area contributed by atoms with Crippen molar-refractivity contribution in [3.05, 3.63) is 48.0 Å². The molecule has 9 nitrogen and oxygen atoms in total. The molecule has 1 saturated heterocycles. The van der Waals surface area contributed by atoms with Gasteiger partial charge < -0.3 is 18.9 Å². The number of hydrogen-bond donors (Lipinski definition) is 0. The number of ether oxygens (including phenoxy) is 4. The minimum Gasteiger partial charge on any atom is -0.492 e. The molecule has 1 fully saturated rings. The van der Waals surface area contributed by atoms with Gasteiger partial charge in [0.05, 0.1) is 17.6 Å². The van der Waals surface area contributed by atoms with E-state index in [9.17, 15) is 13.2 Å². The molecule has 2 aromatic carbocycles. The average Bonchev–Trinajstić information content (AvgIpc) is 2.84. The summed E-state index contributed by atoms with van der Waals surface area (Å²) < 4.78 is 49.0. The zero-order chi connectivity index (χ0) is 22.6. The lowest BCUT2D eigenvalue weighted by Crippen LogP contribution is -2.49. The van der Waals surface area contributed by atoms with E-state index in [2.05, 4.69) is 9.64 Å². The lowest BCUT2D eigenvalue weighted by molar-refractivity contribution is 0.0600. The third kappa shape index (κ3) is 4.98. The van der Waals surface area contributed by atoms with Crippen LogP contribution in [0.15, 0.2) is 47.4 Å². The topological polar surface area (TPSA) is 94.6 Å². The lowest BCUT2D eigenvalue weighted by Gasteiger charge is -2.34. The van der Waals surface area contributed by atoms with Gasteiger partial charge in [0.1, 0.15) is 25.6 Å². The first-order valence-corrected chi connectivity index (χ1v) is 11.8. The Kier molecular flexibility index (Phi) is 6.83. The molecule has 2 heterocycles. The molecule has 10 heteroatoms. The summed E-state index contributed by atoms with van der Waals surface area (Å²) in [4.78, 5) is 13.9. The third-order valence-electron chi connectivity index (χ3n) is 5.43. The van der Waals surface area contributed by atoms with Crippen LogP contribution in [0.25, 0.3) is 0 Å². The van der Waals surface area contributed by atoms with Gasteiger partial charge in [-0.2, -0.15) is 4.31 Å². The van der Waals surface area contributed by atoms with E-state index in [-0.39, 0.29) is 10.9 Å². The fraction of sp³-hybridized carbons (Fsp3) is 0.409. The smallest absolute Gasteiger partial charge is 0.337 e. The van der Waals surface area contributed by atoms with E-state index in [1.807, 2.05) is 0 Å². The van der Waals surface area contributed by atoms with Crippen LogP contribution in [-0.4, -0.2) is 83.2 Å². The fourth-order valence-electron chi connectivity index (χ4n) is 3.62. The maximum Gasteiger partial charge on any atom is 0.337 e. The number of esters is 1. The molecular weight excluding hydrogens is 436 g/mol. The van der Waals surface area contributed by atoms with Gasteiger partial charge in [-0.25, -0.2) is 13.2 Å². The quantitative estimate of drug-likeness (QED) is 0.573. The van der Waals surface area contributed by atoms with Gasteiger partial charge >= 0.3 is 5.97 Å². The Morgan fingerprint density at radius 3 is 2.34 bits per heavy atom. The number of sulfonamides is 1. The summed E-state index contributed by atoms with van der Waals surface area (Å²) in [5.41, 5.74) is 0.468. The third-order valence-corrected chi connectivity index (χ3v) is 7.33. The largest absolute Gasteiger partial charge is 0.492 e. The minimum atomic E-state index is -3.59. The molecule has 0 unspecified atom stereocenters. The van der Waals surface area contributed by atoms with E-state index in [1.165, 1.54) is 17.5 Å². The summed E-state index contributed by atoms with van der Waals surface area (Å²) in [5.74, 6) is 1.31. The van der Waals surface area contributed by atoms with E-state index in [0.717, 1.165) is 0 Å². The van der Waals surface area contributed by atoms with Crippen molar-refractivity contribution in [1.82, 2.24) is 9.21 Å². The molecule has 0 spiro atoms. The highest BCUT2D eigenvalue weighted by molar-refractivity contribution is 7.89. The summed E-state index contributed by atoms with van der Waals surface area (Å²) in [6.45, 7) is 4.07. The van der Waals surface area contributed by atoms with Crippen molar-refractivity contribution in [3.8, 4) is 17.2 Å². The second-order valence-electron chi connectivity index (χ2n) is 7.42. The highest BCUT2D eigenvalue weighted by Crippen LogP contribution is 2.33. The van der Waals surface area contributed by atoms with E-state index in [0.29, 0.717) is 75.4 Å². The predicted octanol–water partition coefficient (Wildman–Crippen LogP) is 1.63. The van der Waals surface area contributed by atoms with Crippen LogP contribution in [0.3, 0.4) is 0 Å². The Balaban J connectivity index is 1.26. The SMILES string of the molecule is COC(=O)c1ccc(OCCN2CCN(S(=O)(=O)c3ccc4c(c3)OCCO4)CC2)cc1. The van der Waals surface area contributed by atoms with E-state index in [4.69, 9.17) is 14.2 Å². The minimum absolute atomic E-state index is 0.217. The molecule has 0 radical (unpaired) electrons. The average molecular weight is 463 g/mol. The fourth-order valence-corrected chi connectivity index (χ4v) is 5.06. The predicted molar refractivity (Wildman–Crippen MR) is 116 cm³/mol. The van der Waals surface area contributed by atoms with Crippen molar-refractivity contribution in [3.63, 3.8) is 0 Å². The lowest BCUT2D eigenvalue weighted by atomic mass is 10.2. The highest BCUT2D eigenvalue weighted by atomic mass is 32.2. The number of methoxy groups -OCH3 is 1. The van der Waals surface area contributed by atoms with Gasteiger partial charge in [0.2, 0.25) is 10.0 Å². The first-order valence-electron chi connectivity index (χ1n) is 10.4. The Hall–Kier alpha value is -2.82. The molecule has 0 bridgehead atoms. The molecule has 0 saturated carbocycles. The van der Waals surface area contributed by atoms with Gasteiger partial charge in [-0.05, 0) is 36.4 Å². The monoisotopic (exact) mass is 462 g/mol. The number of piperazine rings is 1. The van der Waals surface area contributed by atoms with Gasteiger partial charge in [0.25, 0.3) is 0 Å². The zero-order valence-corrected chi connectivity index (χ0v) is 18.7. The molecule has 172 valence electrons. The van der Waals surface area contributed by atoms with Crippen LogP contribution in [0.1, 0.15) is 10.4 Å². The van der Waals surface area contributed by atoms with Gasteiger partial charge in [0.15, 0.2) is 11.5 Å².